The Morgan fingerprint density at radius 2 is 1.80 bits per heavy atom. The van der Waals surface area contributed by atoms with Gasteiger partial charge in [0.15, 0.2) is 0 Å². The van der Waals surface area contributed by atoms with Gasteiger partial charge >= 0.3 is 0 Å². The maximum Gasteiger partial charge on any atom is 0.141 e. The number of hydrogen-bond donors (Lipinski definition) is 0. The minimum absolute atomic E-state index is 0.308. The van der Waals surface area contributed by atoms with Crippen molar-refractivity contribution in [3.8, 4) is 11.3 Å². The van der Waals surface area contributed by atoms with E-state index in [9.17, 15) is 4.39 Å². The molecule has 0 aliphatic rings. The highest BCUT2D eigenvalue weighted by Crippen LogP contribution is 2.17. The van der Waals surface area contributed by atoms with E-state index in [0.717, 1.165) is 11.3 Å². The van der Waals surface area contributed by atoms with Crippen molar-refractivity contribution in [1.29, 1.82) is 0 Å². The van der Waals surface area contributed by atoms with Crippen molar-refractivity contribution in [3.63, 3.8) is 0 Å². The van der Waals surface area contributed by atoms with Gasteiger partial charge in [0.1, 0.15) is 5.82 Å². The van der Waals surface area contributed by atoms with E-state index in [1.165, 1.54) is 17.8 Å². The lowest BCUT2D eigenvalue weighted by Gasteiger charge is -2.01. The predicted octanol–water partition coefficient (Wildman–Crippen LogP) is 3.46. The van der Waals surface area contributed by atoms with E-state index >= 15 is 0 Å². The van der Waals surface area contributed by atoms with Crippen molar-refractivity contribution in [1.82, 2.24) is 4.98 Å². The van der Waals surface area contributed by atoms with Gasteiger partial charge in [0.25, 0.3) is 0 Å². The van der Waals surface area contributed by atoms with Crippen molar-refractivity contribution in [2.75, 3.05) is 0 Å². The third kappa shape index (κ3) is 2.21. The van der Waals surface area contributed by atoms with Gasteiger partial charge in [-0.05, 0) is 24.1 Å². The first-order valence-corrected chi connectivity index (χ1v) is 4.81. The zero-order valence-electron chi connectivity index (χ0n) is 8.44. The summed E-state index contributed by atoms with van der Waals surface area (Å²) in [6, 6.07) is 11.1. The summed E-state index contributed by atoms with van der Waals surface area (Å²) in [5.41, 5.74) is 2.96. The first-order chi connectivity index (χ1) is 7.29. The number of halogens is 1. The predicted molar refractivity (Wildman–Crippen MR) is 58.7 cm³/mol. The van der Waals surface area contributed by atoms with Gasteiger partial charge < -0.3 is 0 Å². The molecule has 0 N–H and O–H groups in total. The molecule has 0 unspecified atom stereocenters. The molecule has 1 aromatic heterocycles. The molecule has 0 spiro atoms. The van der Waals surface area contributed by atoms with Gasteiger partial charge in [-0.25, -0.2) is 4.39 Å². The molecular formula is C13H11FN. The van der Waals surface area contributed by atoms with E-state index in [4.69, 9.17) is 0 Å². The summed E-state index contributed by atoms with van der Waals surface area (Å²) >= 11 is 0. The van der Waals surface area contributed by atoms with Crippen LogP contribution in [0.1, 0.15) is 12.5 Å². The third-order valence-corrected chi connectivity index (χ3v) is 2.27. The Kier molecular flexibility index (Phi) is 2.77. The molecule has 1 aromatic carbocycles. The Balaban J connectivity index is 2.33. The van der Waals surface area contributed by atoms with Gasteiger partial charge in [0.05, 0.1) is 11.9 Å². The second kappa shape index (κ2) is 4.22. The van der Waals surface area contributed by atoms with Gasteiger partial charge in [-0.2, -0.15) is 0 Å². The highest BCUT2D eigenvalue weighted by Gasteiger charge is 1.99. The van der Waals surface area contributed by atoms with Gasteiger partial charge in [-0.3, -0.25) is 4.98 Å². The first kappa shape index (κ1) is 9.84. The second-order valence-electron chi connectivity index (χ2n) is 3.27. The third-order valence-electron chi connectivity index (χ3n) is 2.27. The van der Waals surface area contributed by atoms with E-state index in [2.05, 4.69) is 4.98 Å². The highest BCUT2D eigenvalue weighted by atomic mass is 19.1. The molecule has 0 saturated carbocycles. The van der Waals surface area contributed by atoms with E-state index in [0.29, 0.717) is 0 Å². The fourth-order valence-electron chi connectivity index (χ4n) is 1.39. The number of aromatic nitrogens is 1. The molecule has 1 heterocycles. The maximum atomic E-state index is 12.7. The zero-order chi connectivity index (χ0) is 10.7. The van der Waals surface area contributed by atoms with Gasteiger partial charge in [-0.1, -0.05) is 31.2 Å². The molecular weight excluding hydrogens is 189 g/mol. The fraction of sp³-hybridized carbons (Fsp3) is 0.0769. The molecule has 0 aliphatic heterocycles. The minimum Gasteiger partial charge on any atom is -0.253 e. The number of hydrogen-bond acceptors (Lipinski definition) is 1. The summed E-state index contributed by atoms with van der Waals surface area (Å²) in [7, 11) is 0. The number of pyridine rings is 1. The average molecular weight is 200 g/mol. The molecule has 0 amide bonds. The van der Waals surface area contributed by atoms with Crippen molar-refractivity contribution in [2.45, 2.75) is 6.92 Å². The Morgan fingerprint density at radius 3 is 2.33 bits per heavy atom. The lowest BCUT2D eigenvalue weighted by atomic mass is 10.1. The van der Waals surface area contributed by atoms with Crippen molar-refractivity contribution in [3.05, 3.63) is 60.4 Å². The molecule has 1 radical (unpaired) electrons. The number of rotatable bonds is 2. The molecule has 0 atom stereocenters. The smallest absolute Gasteiger partial charge is 0.141 e. The molecule has 2 aromatic rings. The normalized spacial score (nSPS) is 10.3. The topological polar surface area (TPSA) is 12.9 Å². The van der Waals surface area contributed by atoms with E-state index in [-0.39, 0.29) is 5.82 Å². The summed E-state index contributed by atoms with van der Waals surface area (Å²) < 4.78 is 12.7. The minimum atomic E-state index is -0.308. The summed E-state index contributed by atoms with van der Waals surface area (Å²) in [4.78, 5) is 4.02. The van der Waals surface area contributed by atoms with Crippen LogP contribution in [0.4, 0.5) is 4.39 Å². The van der Waals surface area contributed by atoms with E-state index in [1.807, 2.05) is 37.6 Å². The molecule has 0 aliphatic carbocycles. The quantitative estimate of drug-likeness (QED) is 0.723. The molecule has 15 heavy (non-hydrogen) atoms. The van der Waals surface area contributed by atoms with Gasteiger partial charge in [0, 0.05) is 5.56 Å². The van der Waals surface area contributed by atoms with Gasteiger partial charge in [0.2, 0.25) is 0 Å². The van der Waals surface area contributed by atoms with Crippen molar-refractivity contribution >= 4 is 0 Å². The zero-order valence-corrected chi connectivity index (χ0v) is 8.44. The lowest BCUT2D eigenvalue weighted by molar-refractivity contribution is 0.622. The summed E-state index contributed by atoms with van der Waals surface area (Å²) in [6.45, 7) is 1.99. The summed E-state index contributed by atoms with van der Waals surface area (Å²) in [5.74, 6) is -0.308. The van der Waals surface area contributed by atoms with Crippen LogP contribution in [0.5, 0.6) is 0 Å². The van der Waals surface area contributed by atoms with Crippen LogP contribution in [0.2, 0.25) is 0 Å². The molecule has 0 fully saturated rings. The van der Waals surface area contributed by atoms with Crippen LogP contribution in [-0.2, 0) is 0 Å². The Morgan fingerprint density at radius 1 is 1.07 bits per heavy atom. The second-order valence-corrected chi connectivity index (χ2v) is 3.27. The van der Waals surface area contributed by atoms with Crippen LogP contribution < -0.4 is 0 Å². The monoisotopic (exact) mass is 200 g/mol. The molecule has 0 bridgehead atoms. The average Bonchev–Trinajstić information content (AvgIpc) is 2.30. The molecule has 2 rings (SSSR count). The number of nitrogens with zero attached hydrogens (tertiary/aromatic N) is 1. The van der Waals surface area contributed by atoms with Crippen LogP contribution in [0.25, 0.3) is 11.3 Å². The van der Waals surface area contributed by atoms with Crippen LogP contribution in [-0.4, -0.2) is 4.98 Å². The summed E-state index contributed by atoms with van der Waals surface area (Å²) in [6.07, 6.45) is 3.26. The molecule has 1 nitrogen and oxygen atoms in total. The Hall–Kier alpha value is -1.70. The molecule has 0 saturated heterocycles. The van der Waals surface area contributed by atoms with E-state index in [1.54, 1.807) is 6.07 Å². The van der Waals surface area contributed by atoms with Crippen LogP contribution in [0.3, 0.4) is 0 Å². The van der Waals surface area contributed by atoms with Crippen LogP contribution in [0, 0.1) is 12.2 Å². The SMILES string of the molecule is C[CH]c1ccc(-c2ccc(F)cn2)cc1. The van der Waals surface area contributed by atoms with E-state index < -0.39 is 0 Å². The maximum absolute atomic E-state index is 12.7. The summed E-state index contributed by atoms with van der Waals surface area (Å²) in [5, 5.41) is 0. The first-order valence-electron chi connectivity index (χ1n) is 4.81. The van der Waals surface area contributed by atoms with Crippen molar-refractivity contribution < 1.29 is 4.39 Å². The van der Waals surface area contributed by atoms with Crippen LogP contribution >= 0.6 is 0 Å². The Labute approximate surface area is 88.6 Å². The number of benzene rings is 1. The van der Waals surface area contributed by atoms with Crippen molar-refractivity contribution in [2.24, 2.45) is 0 Å². The van der Waals surface area contributed by atoms with Gasteiger partial charge in [-0.15, -0.1) is 0 Å². The standard InChI is InChI=1S/C13H11FN/c1-2-10-3-5-11(6-4-10)13-8-7-12(14)9-15-13/h2-9H,1H3. The Bertz CT molecular complexity index is 431. The largest absolute Gasteiger partial charge is 0.253 e. The molecule has 2 heteroatoms. The fourth-order valence-corrected chi connectivity index (χ4v) is 1.39. The highest BCUT2D eigenvalue weighted by molar-refractivity contribution is 5.59. The molecule has 75 valence electrons. The van der Waals surface area contributed by atoms with Crippen LogP contribution in [0.15, 0.2) is 42.6 Å². The lowest BCUT2D eigenvalue weighted by Crippen LogP contribution is -1.85.